The van der Waals surface area contributed by atoms with Gasteiger partial charge in [-0.25, -0.2) is 0 Å². The Morgan fingerprint density at radius 2 is 2.40 bits per heavy atom. The molecule has 10 heavy (non-hydrogen) atoms. The molecule has 0 heterocycles. The molecule has 0 aliphatic rings. The molecule has 0 spiro atoms. The number of alkyl halides is 1. The number of carbonyl (C=O) groups is 1. The quantitative estimate of drug-likeness (QED) is 0.454. The van der Waals surface area contributed by atoms with Gasteiger partial charge in [0, 0.05) is 6.54 Å². The van der Waals surface area contributed by atoms with Gasteiger partial charge >= 0.3 is 5.97 Å². The largest absolute Gasteiger partial charge is 0.468 e. The van der Waals surface area contributed by atoms with Gasteiger partial charge in [-0.15, -0.1) is 0 Å². The first-order valence-electron chi connectivity index (χ1n) is 3.15. The summed E-state index contributed by atoms with van der Waals surface area (Å²) < 4.78 is 4.46. The lowest BCUT2D eigenvalue weighted by Crippen LogP contribution is -2.29. The van der Waals surface area contributed by atoms with Crippen molar-refractivity contribution in [1.82, 2.24) is 5.32 Å². The number of halogens is 1. The van der Waals surface area contributed by atoms with Crippen molar-refractivity contribution < 1.29 is 9.53 Å². The third kappa shape index (κ3) is 4.05. The summed E-state index contributed by atoms with van der Waals surface area (Å²) >= 11 is 2.05. The van der Waals surface area contributed by atoms with Crippen LogP contribution in [-0.2, 0) is 9.53 Å². The zero-order valence-electron chi connectivity index (χ0n) is 6.19. The Labute approximate surface area is 74.7 Å². The molecule has 0 aliphatic carbocycles. The van der Waals surface area contributed by atoms with Crippen LogP contribution in [0.4, 0.5) is 0 Å². The number of hydrogen-bond donors (Lipinski definition) is 1. The minimum Gasteiger partial charge on any atom is -0.468 e. The zero-order chi connectivity index (χ0) is 7.98. The first kappa shape index (κ1) is 10.2. The van der Waals surface area contributed by atoms with Gasteiger partial charge in [-0.05, 0) is 6.54 Å². The predicted octanol–water partition coefficient (Wildman–Crippen LogP) is 0.573. The number of ether oxygens (including phenoxy) is 1. The number of esters is 1. The van der Waals surface area contributed by atoms with E-state index >= 15 is 0 Å². The van der Waals surface area contributed by atoms with Crippen LogP contribution < -0.4 is 5.32 Å². The van der Waals surface area contributed by atoms with E-state index in [1.807, 2.05) is 6.92 Å². The van der Waals surface area contributed by atoms with Crippen LogP contribution in [0.3, 0.4) is 0 Å². The summed E-state index contributed by atoms with van der Waals surface area (Å²) in [5, 5.41) is 3.05. The summed E-state index contributed by atoms with van der Waals surface area (Å²) in [6.07, 6.45) is 0. The van der Waals surface area contributed by atoms with E-state index in [0.29, 0.717) is 6.54 Å². The Hall–Kier alpha value is 0.160. The molecule has 3 nitrogen and oxygen atoms in total. The Morgan fingerprint density at radius 3 is 2.80 bits per heavy atom. The topological polar surface area (TPSA) is 38.3 Å². The fourth-order valence-corrected chi connectivity index (χ4v) is 1.05. The summed E-state index contributed by atoms with van der Waals surface area (Å²) in [4.78, 5) is 10.7. The minimum atomic E-state index is -0.165. The third-order valence-corrected chi connectivity index (χ3v) is 1.98. The van der Waals surface area contributed by atoms with E-state index in [1.54, 1.807) is 0 Å². The second-order valence-corrected chi connectivity index (χ2v) is 3.30. The molecule has 0 bridgehead atoms. The number of rotatable bonds is 4. The van der Waals surface area contributed by atoms with E-state index in [0.717, 1.165) is 6.54 Å². The molecule has 0 aliphatic heterocycles. The minimum absolute atomic E-state index is 0.0671. The molecule has 0 aromatic heterocycles. The second-order valence-electron chi connectivity index (χ2n) is 1.80. The SMILES string of the molecule is CCNCC(I)C(=O)OC. The summed E-state index contributed by atoms with van der Waals surface area (Å²) in [6.45, 7) is 3.57. The maximum Gasteiger partial charge on any atom is 0.319 e. The standard InChI is InChI=1S/C6H12INO2/c1-3-8-4-5(7)6(9)10-2/h5,8H,3-4H2,1-2H3. The molecule has 1 unspecified atom stereocenters. The van der Waals surface area contributed by atoms with E-state index in [9.17, 15) is 4.79 Å². The average Bonchev–Trinajstić information content (AvgIpc) is 1.98. The molecule has 0 aromatic rings. The van der Waals surface area contributed by atoms with Crippen molar-refractivity contribution in [2.75, 3.05) is 20.2 Å². The Kier molecular flexibility index (Phi) is 6.00. The van der Waals surface area contributed by atoms with Gasteiger partial charge in [0.1, 0.15) is 3.92 Å². The maximum atomic E-state index is 10.7. The van der Waals surface area contributed by atoms with Crippen molar-refractivity contribution in [2.24, 2.45) is 0 Å². The summed E-state index contributed by atoms with van der Waals surface area (Å²) in [6, 6.07) is 0. The molecule has 0 rings (SSSR count). The first-order valence-corrected chi connectivity index (χ1v) is 4.39. The van der Waals surface area contributed by atoms with Crippen molar-refractivity contribution in [1.29, 1.82) is 0 Å². The van der Waals surface area contributed by atoms with Crippen molar-refractivity contribution in [3.63, 3.8) is 0 Å². The molecule has 0 fully saturated rings. The van der Waals surface area contributed by atoms with Crippen LogP contribution in [0.5, 0.6) is 0 Å². The van der Waals surface area contributed by atoms with Crippen LogP contribution in [0, 0.1) is 0 Å². The van der Waals surface area contributed by atoms with Gasteiger partial charge in [-0.2, -0.15) is 0 Å². The highest BCUT2D eigenvalue weighted by Crippen LogP contribution is 1.99. The van der Waals surface area contributed by atoms with Gasteiger partial charge in [0.2, 0.25) is 0 Å². The van der Waals surface area contributed by atoms with Gasteiger partial charge in [0.15, 0.2) is 0 Å². The maximum absolute atomic E-state index is 10.7. The van der Waals surface area contributed by atoms with E-state index < -0.39 is 0 Å². The summed E-state index contributed by atoms with van der Waals surface area (Å²) in [5.41, 5.74) is 0. The molecule has 0 aromatic carbocycles. The van der Waals surface area contributed by atoms with Crippen LogP contribution in [-0.4, -0.2) is 30.1 Å². The number of methoxy groups -OCH3 is 1. The number of nitrogens with one attached hydrogen (secondary N) is 1. The molecule has 0 amide bonds. The zero-order valence-corrected chi connectivity index (χ0v) is 8.34. The molecule has 1 atom stereocenters. The van der Waals surface area contributed by atoms with Crippen LogP contribution in [0.15, 0.2) is 0 Å². The molecular weight excluding hydrogens is 245 g/mol. The Bertz CT molecular complexity index is 108. The molecule has 4 heteroatoms. The number of carbonyl (C=O) groups excluding carboxylic acids is 1. The highest BCUT2D eigenvalue weighted by atomic mass is 127. The van der Waals surface area contributed by atoms with Crippen molar-refractivity contribution in [3.8, 4) is 0 Å². The van der Waals surface area contributed by atoms with E-state index in [-0.39, 0.29) is 9.89 Å². The van der Waals surface area contributed by atoms with Crippen molar-refractivity contribution >= 4 is 28.6 Å². The fourth-order valence-electron chi connectivity index (χ4n) is 0.482. The molecule has 0 saturated heterocycles. The number of hydrogen-bond acceptors (Lipinski definition) is 3. The van der Waals surface area contributed by atoms with E-state index in [2.05, 4.69) is 32.6 Å². The normalized spacial score (nSPS) is 12.7. The lowest BCUT2D eigenvalue weighted by Gasteiger charge is -2.06. The predicted molar refractivity (Wildman–Crippen MR) is 48.4 cm³/mol. The highest BCUT2D eigenvalue weighted by molar-refractivity contribution is 14.1. The summed E-state index contributed by atoms with van der Waals surface area (Å²) in [5.74, 6) is -0.165. The van der Waals surface area contributed by atoms with Gasteiger partial charge in [0.05, 0.1) is 7.11 Å². The van der Waals surface area contributed by atoms with E-state index in [4.69, 9.17) is 0 Å². The highest BCUT2D eigenvalue weighted by Gasteiger charge is 2.12. The monoisotopic (exact) mass is 257 g/mol. The van der Waals surface area contributed by atoms with Crippen LogP contribution >= 0.6 is 22.6 Å². The van der Waals surface area contributed by atoms with Gasteiger partial charge in [0.25, 0.3) is 0 Å². The smallest absolute Gasteiger partial charge is 0.319 e. The second kappa shape index (κ2) is 5.91. The lowest BCUT2D eigenvalue weighted by atomic mass is 10.4. The fraction of sp³-hybridized carbons (Fsp3) is 0.833. The molecule has 1 N–H and O–H groups in total. The van der Waals surface area contributed by atoms with Crippen LogP contribution in [0.2, 0.25) is 0 Å². The van der Waals surface area contributed by atoms with Crippen LogP contribution in [0.1, 0.15) is 6.92 Å². The molecular formula is C6H12INO2. The van der Waals surface area contributed by atoms with Crippen molar-refractivity contribution in [3.05, 3.63) is 0 Å². The van der Waals surface area contributed by atoms with Crippen LogP contribution in [0.25, 0.3) is 0 Å². The average molecular weight is 257 g/mol. The van der Waals surface area contributed by atoms with Gasteiger partial charge in [-0.1, -0.05) is 29.5 Å². The summed E-state index contributed by atoms with van der Waals surface area (Å²) in [7, 11) is 1.40. The van der Waals surface area contributed by atoms with Gasteiger partial charge < -0.3 is 10.1 Å². The van der Waals surface area contributed by atoms with E-state index in [1.165, 1.54) is 7.11 Å². The molecule has 60 valence electrons. The van der Waals surface area contributed by atoms with Crippen molar-refractivity contribution in [2.45, 2.75) is 10.8 Å². The molecule has 0 radical (unpaired) electrons. The Balaban J connectivity index is 3.41. The third-order valence-electron chi connectivity index (χ3n) is 1.03. The first-order chi connectivity index (χ1) is 4.72. The lowest BCUT2D eigenvalue weighted by molar-refractivity contribution is -0.139. The van der Waals surface area contributed by atoms with Gasteiger partial charge in [-0.3, -0.25) is 4.79 Å². The Morgan fingerprint density at radius 1 is 1.80 bits per heavy atom. The molecule has 0 saturated carbocycles.